The maximum Gasteiger partial charge on any atom is 0.287 e. The molecule has 2 atom stereocenters. The highest BCUT2D eigenvalue weighted by Gasteiger charge is 2.28. The number of hydrogen-bond acceptors (Lipinski definition) is 5. The van der Waals surface area contributed by atoms with Gasteiger partial charge in [0.1, 0.15) is 6.10 Å². The fraction of sp³-hybridized carbons (Fsp3) is 0.333. The molecular formula is C9H10N2O5. The van der Waals surface area contributed by atoms with Gasteiger partial charge in [0.2, 0.25) is 0 Å². The maximum atomic E-state index is 10.5. The lowest BCUT2D eigenvalue weighted by atomic mass is 10.2. The monoisotopic (exact) mass is 226 g/mol. The summed E-state index contributed by atoms with van der Waals surface area (Å²) in [7, 11) is 0. The van der Waals surface area contributed by atoms with Crippen LogP contribution in [0, 0.1) is 10.1 Å². The molecule has 0 spiro atoms. The van der Waals surface area contributed by atoms with Crippen LogP contribution in [0.2, 0.25) is 0 Å². The molecule has 1 aliphatic rings. The summed E-state index contributed by atoms with van der Waals surface area (Å²) >= 11 is 0. The van der Waals surface area contributed by atoms with E-state index in [4.69, 9.17) is 9.84 Å². The van der Waals surface area contributed by atoms with Crippen LogP contribution in [0.15, 0.2) is 24.5 Å². The first-order valence-corrected chi connectivity index (χ1v) is 4.62. The summed E-state index contributed by atoms with van der Waals surface area (Å²) in [6.45, 7) is -0.315. The smallest absolute Gasteiger partial charge is 0.287 e. The van der Waals surface area contributed by atoms with E-state index in [1.54, 1.807) is 0 Å². The molecule has 0 saturated heterocycles. The minimum absolute atomic E-state index is 0.0635. The predicted molar refractivity (Wildman–Crippen MR) is 53.3 cm³/mol. The Morgan fingerprint density at radius 1 is 1.62 bits per heavy atom. The van der Waals surface area contributed by atoms with Crippen molar-refractivity contribution in [1.29, 1.82) is 0 Å². The van der Waals surface area contributed by atoms with Gasteiger partial charge in [-0.25, -0.2) is 0 Å². The Morgan fingerprint density at radius 3 is 2.88 bits per heavy atom. The number of aromatic nitrogens is 1. The van der Waals surface area contributed by atoms with Crippen LogP contribution in [0.1, 0.15) is 0 Å². The molecule has 2 N–H and O–H groups in total. The average Bonchev–Trinajstić information content (AvgIpc) is 2.83. The molecular weight excluding hydrogens is 216 g/mol. The highest BCUT2D eigenvalue weighted by molar-refractivity contribution is 5.45. The molecule has 0 aliphatic carbocycles. The number of aliphatic hydroxyl groups is 2. The van der Waals surface area contributed by atoms with Gasteiger partial charge in [-0.05, 0) is 0 Å². The standard InChI is InChI=1S/C9H10N2O5/c12-5-8-7(13)3-9(16-8)10-2-1-6(4-10)11(14)15/h1-4,7-8,12-13H,5H2/t7?,8-/m1/s1. The number of nitro groups is 1. The van der Waals surface area contributed by atoms with Gasteiger partial charge in [-0.15, -0.1) is 0 Å². The van der Waals surface area contributed by atoms with E-state index in [0.717, 1.165) is 0 Å². The molecule has 1 aromatic rings. The third-order valence-electron chi connectivity index (χ3n) is 2.29. The lowest BCUT2D eigenvalue weighted by molar-refractivity contribution is -0.384. The molecule has 0 fully saturated rings. The molecule has 2 rings (SSSR count). The zero-order valence-corrected chi connectivity index (χ0v) is 8.18. The van der Waals surface area contributed by atoms with Crippen molar-refractivity contribution in [3.63, 3.8) is 0 Å². The van der Waals surface area contributed by atoms with Crippen molar-refractivity contribution in [2.45, 2.75) is 12.2 Å². The van der Waals surface area contributed by atoms with E-state index in [-0.39, 0.29) is 18.2 Å². The third kappa shape index (κ3) is 1.77. The molecule has 16 heavy (non-hydrogen) atoms. The molecule has 0 saturated carbocycles. The second-order valence-electron chi connectivity index (χ2n) is 3.37. The van der Waals surface area contributed by atoms with Crippen molar-refractivity contribution >= 4 is 11.6 Å². The van der Waals surface area contributed by atoms with Crippen LogP contribution in [0.3, 0.4) is 0 Å². The Labute approximate surface area is 90.3 Å². The van der Waals surface area contributed by atoms with Gasteiger partial charge in [0, 0.05) is 18.3 Å². The Hall–Kier alpha value is -1.86. The number of hydrogen-bond donors (Lipinski definition) is 2. The molecule has 1 aliphatic heterocycles. The van der Waals surface area contributed by atoms with Gasteiger partial charge in [0.05, 0.1) is 17.7 Å². The summed E-state index contributed by atoms with van der Waals surface area (Å²) in [5.74, 6) is 0.277. The van der Waals surface area contributed by atoms with Gasteiger partial charge in [-0.2, -0.15) is 0 Å². The zero-order chi connectivity index (χ0) is 11.7. The van der Waals surface area contributed by atoms with E-state index >= 15 is 0 Å². The molecule has 0 aromatic carbocycles. The van der Waals surface area contributed by atoms with Crippen molar-refractivity contribution in [1.82, 2.24) is 4.57 Å². The van der Waals surface area contributed by atoms with Crippen LogP contribution in [-0.2, 0) is 4.74 Å². The summed E-state index contributed by atoms with van der Waals surface area (Å²) in [4.78, 5) is 9.93. The highest BCUT2D eigenvalue weighted by Crippen LogP contribution is 2.23. The molecule has 86 valence electrons. The highest BCUT2D eigenvalue weighted by atomic mass is 16.6. The van der Waals surface area contributed by atoms with Gasteiger partial charge in [-0.1, -0.05) is 0 Å². The predicted octanol–water partition coefficient (Wildman–Crippen LogP) is -0.0533. The number of ether oxygens (including phenoxy) is 1. The molecule has 0 radical (unpaired) electrons. The fourth-order valence-electron chi connectivity index (χ4n) is 1.44. The summed E-state index contributed by atoms with van der Waals surface area (Å²) < 4.78 is 6.59. The van der Waals surface area contributed by atoms with Crippen LogP contribution in [0.25, 0.3) is 5.88 Å². The molecule has 1 unspecified atom stereocenters. The number of aliphatic hydroxyl groups excluding tert-OH is 2. The molecule has 7 nitrogen and oxygen atoms in total. The number of rotatable bonds is 3. The Balaban J connectivity index is 2.19. The second-order valence-corrected chi connectivity index (χ2v) is 3.37. The van der Waals surface area contributed by atoms with Crippen LogP contribution in [0.4, 0.5) is 5.69 Å². The minimum Gasteiger partial charge on any atom is -0.470 e. The largest absolute Gasteiger partial charge is 0.470 e. The van der Waals surface area contributed by atoms with Crippen molar-refractivity contribution in [2.24, 2.45) is 0 Å². The lowest BCUT2D eigenvalue weighted by Crippen LogP contribution is -2.25. The summed E-state index contributed by atoms with van der Waals surface area (Å²) in [6.07, 6.45) is 2.51. The quantitative estimate of drug-likeness (QED) is 0.556. The summed E-state index contributed by atoms with van der Waals surface area (Å²) in [5.41, 5.74) is -0.0635. The van der Waals surface area contributed by atoms with Gasteiger partial charge < -0.3 is 14.9 Å². The van der Waals surface area contributed by atoms with Crippen LogP contribution < -0.4 is 0 Å². The van der Waals surface area contributed by atoms with E-state index in [1.165, 1.54) is 29.1 Å². The lowest BCUT2D eigenvalue weighted by Gasteiger charge is -2.12. The van der Waals surface area contributed by atoms with Crippen LogP contribution >= 0.6 is 0 Å². The van der Waals surface area contributed by atoms with E-state index in [0.29, 0.717) is 0 Å². The van der Waals surface area contributed by atoms with Gasteiger partial charge in [0.15, 0.2) is 12.0 Å². The first-order chi connectivity index (χ1) is 7.61. The Kier molecular flexibility index (Phi) is 2.63. The second kappa shape index (κ2) is 3.95. The van der Waals surface area contributed by atoms with Crippen LogP contribution in [-0.4, -0.2) is 38.5 Å². The van der Waals surface area contributed by atoms with Gasteiger partial charge in [0.25, 0.3) is 5.69 Å². The first-order valence-electron chi connectivity index (χ1n) is 4.62. The zero-order valence-electron chi connectivity index (χ0n) is 8.18. The fourth-order valence-corrected chi connectivity index (χ4v) is 1.44. The van der Waals surface area contributed by atoms with E-state index in [1.807, 2.05) is 0 Å². The molecule has 0 amide bonds. The Morgan fingerprint density at radius 2 is 2.38 bits per heavy atom. The SMILES string of the molecule is O=[N+]([O-])c1ccn(C2=CC(O)[C@@H](CO)O2)c1. The molecule has 1 aromatic heterocycles. The van der Waals surface area contributed by atoms with Crippen molar-refractivity contribution in [3.8, 4) is 0 Å². The third-order valence-corrected chi connectivity index (χ3v) is 2.29. The topological polar surface area (TPSA) is 97.8 Å². The van der Waals surface area contributed by atoms with E-state index in [9.17, 15) is 15.2 Å². The summed E-state index contributed by atoms with van der Waals surface area (Å²) in [5, 5.41) is 28.7. The average molecular weight is 226 g/mol. The van der Waals surface area contributed by atoms with E-state index < -0.39 is 17.1 Å². The van der Waals surface area contributed by atoms with Crippen molar-refractivity contribution in [3.05, 3.63) is 34.7 Å². The molecule has 0 bridgehead atoms. The molecule has 7 heteroatoms. The maximum absolute atomic E-state index is 10.5. The first kappa shape index (κ1) is 10.7. The summed E-state index contributed by atoms with van der Waals surface area (Å²) in [6, 6.07) is 1.32. The van der Waals surface area contributed by atoms with Crippen molar-refractivity contribution in [2.75, 3.05) is 6.61 Å². The van der Waals surface area contributed by atoms with Crippen LogP contribution in [0.5, 0.6) is 0 Å². The minimum atomic E-state index is -0.901. The molecule has 2 heterocycles. The number of nitrogens with zero attached hydrogens (tertiary/aromatic N) is 2. The van der Waals surface area contributed by atoms with Gasteiger partial charge in [-0.3, -0.25) is 14.7 Å². The Bertz CT molecular complexity index is 439. The van der Waals surface area contributed by atoms with E-state index in [2.05, 4.69) is 0 Å². The normalized spacial score (nSPS) is 24.0. The van der Waals surface area contributed by atoms with Gasteiger partial charge >= 0.3 is 0 Å². The van der Waals surface area contributed by atoms with Crippen molar-refractivity contribution < 1.29 is 19.9 Å².